The minimum atomic E-state index is -1.26. The third kappa shape index (κ3) is 9.10. The first-order valence-electron chi connectivity index (χ1n) is 11.1. The number of hydrogen-bond acceptors (Lipinski definition) is 8. The average Bonchev–Trinajstić information content (AvgIpc) is 2.87. The molecule has 2 rings (SSSR count). The van der Waals surface area contributed by atoms with Gasteiger partial charge >= 0.3 is 5.97 Å². The lowest BCUT2D eigenvalue weighted by Crippen LogP contribution is -2.58. The van der Waals surface area contributed by atoms with E-state index in [0.717, 1.165) is 5.56 Å². The number of thiol groups is 2. The van der Waals surface area contributed by atoms with Gasteiger partial charge in [-0.25, -0.2) is 4.79 Å². The Morgan fingerprint density at radius 2 is 1.19 bits per heavy atom. The van der Waals surface area contributed by atoms with Gasteiger partial charge in [-0.15, -0.1) is 0 Å². The van der Waals surface area contributed by atoms with Crippen LogP contribution in [0.1, 0.15) is 11.1 Å². The molecule has 2 aromatic carbocycles. The summed E-state index contributed by atoms with van der Waals surface area (Å²) in [6, 6.07) is 10.5. The molecule has 0 aliphatic rings. The van der Waals surface area contributed by atoms with Crippen molar-refractivity contribution in [1.82, 2.24) is 16.0 Å². The highest BCUT2D eigenvalue weighted by atomic mass is 32.1. The maximum Gasteiger partial charge on any atom is 0.327 e. The molecule has 0 fully saturated rings. The predicted molar refractivity (Wildman–Crippen MR) is 141 cm³/mol. The summed E-state index contributed by atoms with van der Waals surface area (Å²) >= 11 is 7.98. The van der Waals surface area contributed by atoms with Gasteiger partial charge in [0.05, 0.1) is 6.04 Å². The van der Waals surface area contributed by atoms with Crippen molar-refractivity contribution in [3.8, 4) is 5.75 Å². The lowest BCUT2D eigenvalue weighted by Gasteiger charge is -2.25. The Labute approximate surface area is 219 Å². The van der Waals surface area contributed by atoms with E-state index in [2.05, 4.69) is 41.2 Å². The number of carboxylic acids is 1. The number of phenolic OH excluding ortho intramolecular Hbond substituents is 1. The summed E-state index contributed by atoms with van der Waals surface area (Å²) in [7, 11) is 0. The molecule has 0 aromatic heterocycles. The third-order valence-electron chi connectivity index (χ3n) is 5.26. The second-order valence-electron chi connectivity index (χ2n) is 8.05. The molecule has 36 heavy (non-hydrogen) atoms. The normalized spacial score (nSPS) is 14.1. The molecular weight excluding hydrogens is 504 g/mol. The molecule has 194 valence electrons. The zero-order valence-corrected chi connectivity index (χ0v) is 21.1. The zero-order chi connectivity index (χ0) is 26.7. The monoisotopic (exact) mass is 534 g/mol. The standard InChI is InChI=1S/C24H30N4O6S2/c25-17(12-35)21(30)26-18(11-15-6-8-16(29)9-7-15)22(31)27-19(10-14-4-2-1-3-5-14)23(32)28-20(13-36)24(33)34/h1-9,17-20,29,35-36H,10-13,25H2,(H,26,30)(H,27,31)(H,28,32)(H,33,34). The van der Waals surface area contributed by atoms with Crippen molar-refractivity contribution in [2.24, 2.45) is 5.73 Å². The van der Waals surface area contributed by atoms with E-state index < -0.39 is 47.9 Å². The van der Waals surface area contributed by atoms with E-state index in [9.17, 15) is 29.4 Å². The van der Waals surface area contributed by atoms with E-state index in [1.54, 1.807) is 42.5 Å². The fourth-order valence-electron chi connectivity index (χ4n) is 3.23. The Morgan fingerprint density at radius 1 is 0.722 bits per heavy atom. The largest absolute Gasteiger partial charge is 0.508 e. The van der Waals surface area contributed by atoms with Crippen LogP contribution in [-0.4, -0.2) is 69.6 Å². The van der Waals surface area contributed by atoms with Crippen molar-refractivity contribution in [3.05, 3.63) is 65.7 Å². The van der Waals surface area contributed by atoms with Gasteiger partial charge in [0.1, 0.15) is 23.9 Å². The number of phenols is 1. The molecule has 0 bridgehead atoms. The lowest BCUT2D eigenvalue weighted by atomic mass is 10.0. The van der Waals surface area contributed by atoms with Gasteiger partial charge in [-0.2, -0.15) is 25.3 Å². The SMILES string of the molecule is NC(CS)C(=O)NC(Cc1ccc(O)cc1)C(=O)NC(Cc1ccccc1)C(=O)NC(CS)C(=O)O. The number of aromatic hydroxyl groups is 1. The van der Waals surface area contributed by atoms with Crippen molar-refractivity contribution < 1.29 is 29.4 Å². The van der Waals surface area contributed by atoms with Gasteiger partial charge in [-0.1, -0.05) is 42.5 Å². The molecule has 3 amide bonds. The van der Waals surface area contributed by atoms with Crippen LogP contribution in [0.4, 0.5) is 0 Å². The summed E-state index contributed by atoms with van der Waals surface area (Å²) < 4.78 is 0. The molecule has 0 saturated heterocycles. The molecule has 2 aromatic rings. The highest BCUT2D eigenvalue weighted by Crippen LogP contribution is 2.12. The number of nitrogens with one attached hydrogen (secondary N) is 3. The first kappa shape index (κ1) is 29.0. The molecule has 0 heterocycles. The quantitative estimate of drug-likeness (QED) is 0.166. The molecule has 10 nitrogen and oxygen atoms in total. The van der Waals surface area contributed by atoms with Gasteiger partial charge in [-0.3, -0.25) is 14.4 Å². The van der Waals surface area contributed by atoms with Crippen LogP contribution in [0, 0.1) is 0 Å². The van der Waals surface area contributed by atoms with Crippen molar-refractivity contribution in [2.45, 2.75) is 37.0 Å². The number of aliphatic carboxylic acids is 1. The van der Waals surface area contributed by atoms with Crippen LogP contribution in [0.5, 0.6) is 5.75 Å². The van der Waals surface area contributed by atoms with Gasteiger partial charge in [0.25, 0.3) is 0 Å². The second kappa shape index (κ2) is 14.4. The fraction of sp³-hybridized carbons (Fsp3) is 0.333. The highest BCUT2D eigenvalue weighted by Gasteiger charge is 2.30. The Hall–Kier alpha value is -3.22. The molecule has 0 aliphatic carbocycles. The number of carbonyl (C=O) groups is 4. The summed E-state index contributed by atoms with van der Waals surface area (Å²) in [4.78, 5) is 50.1. The number of benzene rings is 2. The van der Waals surface area contributed by atoms with E-state index in [-0.39, 0.29) is 30.1 Å². The number of hydrogen-bond donors (Lipinski definition) is 8. The van der Waals surface area contributed by atoms with Crippen LogP contribution >= 0.6 is 25.3 Å². The van der Waals surface area contributed by atoms with Gasteiger partial charge in [0.2, 0.25) is 17.7 Å². The Kier molecular flexibility index (Phi) is 11.6. The fourth-order valence-corrected chi connectivity index (χ4v) is 3.64. The van der Waals surface area contributed by atoms with E-state index in [1.807, 2.05) is 0 Å². The predicted octanol–water partition coefficient (Wildman–Crippen LogP) is -0.0967. The van der Waals surface area contributed by atoms with E-state index >= 15 is 0 Å². The molecule has 0 spiro atoms. The molecule has 4 unspecified atom stereocenters. The van der Waals surface area contributed by atoms with Gasteiger partial charge in [0, 0.05) is 24.3 Å². The number of nitrogens with two attached hydrogens (primary N) is 1. The molecule has 0 saturated carbocycles. The average molecular weight is 535 g/mol. The first-order valence-corrected chi connectivity index (χ1v) is 12.3. The highest BCUT2D eigenvalue weighted by molar-refractivity contribution is 7.80. The van der Waals surface area contributed by atoms with Crippen molar-refractivity contribution in [1.29, 1.82) is 0 Å². The topological polar surface area (TPSA) is 171 Å². The van der Waals surface area contributed by atoms with Crippen LogP contribution in [0.3, 0.4) is 0 Å². The van der Waals surface area contributed by atoms with Gasteiger partial charge < -0.3 is 31.9 Å². The molecule has 4 atom stereocenters. The van der Waals surface area contributed by atoms with Crippen LogP contribution in [-0.2, 0) is 32.0 Å². The Bertz CT molecular complexity index is 1040. The zero-order valence-electron chi connectivity index (χ0n) is 19.3. The molecule has 7 N–H and O–H groups in total. The molecular formula is C24H30N4O6S2. The second-order valence-corrected chi connectivity index (χ2v) is 8.78. The van der Waals surface area contributed by atoms with Crippen LogP contribution in [0.2, 0.25) is 0 Å². The van der Waals surface area contributed by atoms with Crippen molar-refractivity contribution in [2.75, 3.05) is 11.5 Å². The summed E-state index contributed by atoms with van der Waals surface area (Å²) in [5.41, 5.74) is 7.11. The smallest absolute Gasteiger partial charge is 0.327 e. The number of carboxylic acid groups (broad SMARTS) is 1. The van der Waals surface area contributed by atoms with E-state index in [4.69, 9.17) is 5.73 Å². The molecule has 0 radical (unpaired) electrons. The maximum absolute atomic E-state index is 13.3. The van der Waals surface area contributed by atoms with Crippen LogP contribution in [0.15, 0.2) is 54.6 Å². The van der Waals surface area contributed by atoms with Crippen molar-refractivity contribution in [3.63, 3.8) is 0 Å². The minimum absolute atomic E-state index is 0.0395. The Morgan fingerprint density at radius 3 is 1.67 bits per heavy atom. The summed E-state index contributed by atoms with van der Waals surface area (Å²) in [5.74, 6) is -3.30. The third-order valence-corrected chi connectivity index (χ3v) is 6.01. The number of rotatable bonds is 13. The molecule has 12 heteroatoms. The summed E-state index contributed by atoms with van der Waals surface area (Å²) in [6.07, 6.45) is 0.124. The Balaban J connectivity index is 2.29. The summed E-state index contributed by atoms with van der Waals surface area (Å²) in [6.45, 7) is 0. The van der Waals surface area contributed by atoms with Crippen molar-refractivity contribution >= 4 is 48.9 Å². The van der Waals surface area contributed by atoms with Crippen LogP contribution in [0.25, 0.3) is 0 Å². The first-order chi connectivity index (χ1) is 17.1. The van der Waals surface area contributed by atoms with E-state index in [1.165, 1.54) is 12.1 Å². The van der Waals surface area contributed by atoms with Gasteiger partial charge in [0.15, 0.2) is 0 Å². The lowest BCUT2D eigenvalue weighted by molar-refractivity contribution is -0.141. The van der Waals surface area contributed by atoms with Crippen LogP contribution < -0.4 is 21.7 Å². The minimum Gasteiger partial charge on any atom is -0.508 e. The van der Waals surface area contributed by atoms with Gasteiger partial charge in [-0.05, 0) is 23.3 Å². The number of carbonyl (C=O) groups excluding carboxylic acids is 3. The number of amides is 3. The molecule has 0 aliphatic heterocycles. The maximum atomic E-state index is 13.3. The summed E-state index contributed by atoms with van der Waals surface area (Å²) in [5, 5.41) is 26.4. The van der Waals surface area contributed by atoms with E-state index in [0.29, 0.717) is 5.56 Å².